The molecule has 4 bridgehead atoms. The van der Waals surface area contributed by atoms with Crippen LogP contribution in [0.4, 0.5) is 22.1 Å². The number of anilines is 2. The van der Waals surface area contributed by atoms with Crippen LogP contribution in [0.25, 0.3) is 0 Å². The number of fused-ring (bicyclic) bond motifs is 4. The number of benzene rings is 1. The first-order valence-corrected chi connectivity index (χ1v) is 9.11. The Labute approximate surface area is 167 Å². The molecule has 29 heavy (non-hydrogen) atoms. The van der Waals surface area contributed by atoms with Crippen LogP contribution in [-0.4, -0.2) is 34.2 Å². The number of amides is 1. The van der Waals surface area contributed by atoms with Gasteiger partial charge in [-0.1, -0.05) is 36.4 Å². The van der Waals surface area contributed by atoms with Gasteiger partial charge in [-0.15, -0.1) is 0 Å². The minimum atomic E-state index is -0.781. The number of aromatic nitrogens is 2. The highest BCUT2D eigenvalue weighted by atomic mass is 16.6. The molecule has 0 saturated carbocycles. The van der Waals surface area contributed by atoms with Gasteiger partial charge < -0.3 is 15.2 Å². The quantitative estimate of drug-likeness (QED) is 0.463. The van der Waals surface area contributed by atoms with Crippen LogP contribution in [0, 0.1) is 10.1 Å². The molecule has 3 rings (SSSR count). The minimum Gasteiger partial charge on any atom is -0.463 e. The summed E-state index contributed by atoms with van der Waals surface area (Å²) in [5.74, 6) is -0.658. The van der Waals surface area contributed by atoms with Crippen molar-refractivity contribution in [1.29, 1.82) is 0 Å². The third-order valence-electron chi connectivity index (χ3n) is 4.17. The van der Waals surface area contributed by atoms with Crippen molar-refractivity contribution in [1.82, 2.24) is 9.97 Å². The van der Waals surface area contributed by atoms with Gasteiger partial charge in [0, 0.05) is 0 Å². The van der Waals surface area contributed by atoms with Gasteiger partial charge in [0.05, 0.1) is 24.7 Å². The molecular formula is C19H21N5O5. The third kappa shape index (κ3) is 4.78. The molecule has 1 aliphatic heterocycles. The highest BCUT2D eigenvalue weighted by Gasteiger charge is 2.32. The van der Waals surface area contributed by atoms with Crippen LogP contribution >= 0.6 is 0 Å². The van der Waals surface area contributed by atoms with E-state index in [2.05, 4.69) is 9.97 Å². The molecule has 2 heterocycles. The highest BCUT2D eigenvalue weighted by molar-refractivity contribution is 5.90. The second-order valence-electron chi connectivity index (χ2n) is 6.24. The van der Waals surface area contributed by atoms with Crippen molar-refractivity contribution >= 4 is 23.4 Å². The van der Waals surface area contributed by atoms with E-state index in [1.165, 1.54) is 0 Å². The summed E-state index contributed by atoms with van der Waals surface area (Å²) in [6, 6.07) is 7.44. The van der Waals surface area contributed by atoms with Crippen LogP contribution in [0.15, 0.2) is 36.4 Å². The molecule has 10 nitrogen and oxygen atoms in total. The fraction of sp³-hybridized carbons (Fsp3) is 0.316. The maximum Gasteiger partial charge on any atom is 0.415 e. The zero-order valence-electron chi connectivity index (χ0n) is 15.9. The van der Waals surface area contributed by atoms with Crippen LogP contribution < -0.4 is 15.4 Å². The average Bonchev–Trinajstić information content (AvgIpc) is 2.68. The van der Waals surface area contributed by atoms with Crippen molar-refractivity contribution in [2.75, 3.05) is 23.8 Å². The van der Waals surface area contributed by atoms with Gasteiger partial charge in [0.15, 0.2) is 0 Å². The number of nitrogens with two attached hydrogens (primary N) is 1. The molecule has 0 atom stereocenters. The molecule has 1 aliphatic rings. The van der Waals surface area contributed by atoms with Crippen LogP contribution in [0.2, 0.25) is 0 Å². The summed E-state index contributed by atoms with van der Waals surface area (Å²) in [4.78, 5) is 32.6. The Balaban J connectivity index is 2.16. The molecular weight excluding hydrogens is 378 g/mol. The number of carbonyl (C=O) groups is 1. The van der Waals surface area contributed by atoms with E-state index >= 15 is 0 Å². The normalized spacial score (nSPS) is 13.9. The van der Waals surface area contributed by atoms with E-state index in [1.54, 1.807) is 6.92 Å². The Hall–Kier alpha value is -3.69. The number of allylic oxidation sites excluding steroid dienone is 1. The molecule has 0 unspecified atom stereocenters. The molecule has 0 spiro atoms. The number of carbonyl (C=O) groups excluding carboxylic acids is 1. The SMILES string of the molecule is CCOC(=O)N1Cc2cccc(c2)CC=CCCOc2nc(N)c([N+](=O)[O-])c1n2. The summed E-state index contributed by atoms with van der Waals surface area (Å²) in [5, 5.41) is 11.6. The second-order valence-corrected chi connectivity index (χ2v) is 6.24. The summed E-state index contributed by atoms with van der Waals surface area (Å²) in [7, 11) is 0. The predicted molar refractivity (Wildman–Crippen MR) is 106 cm³/mol. The molecule has 2 aromatic rings. The zero-order chi connectivity index (χ0) is 20.8. The first-order valence-electron chi connectivity index (χ1n) is 9.11. The lowest BCUT2D eigenvalue weighted by atomic mass is 10.1. The maximum absolute atomic E-state index is 12.7. The van der Waals surface area contributed by atoms with Crippen molar-refractivity contribution < 1.29 is 19.2 Å². The Kier molecular flexibility index (Phi) is 6.22. The topological polar surface area (TPSA) is 134 Å². The average molecular weight is 399 g/mol. The van der Waals surface area contributed by atoms with E-state index < -0.39 is 16.7 Å². The lowest BCUT2D eigenvalue weighted by Crippen LogP contribution is -2.33. The van der Waals surface area contributed by atoms with Crippen molar-refractivity contribution in [3.63, 3.8) is 0 Å². The van der Waals surface area contributed by atoms with Gasteiger partial charge in [0.25, 0.3) is 0 Å². The number of hydrogen-bond donors (Lipinski definition) is 1. The van der Waals surface area contributed by atoms with Gasteiger partial charge in [-0.3, -0.25) is 15.0 Å². The van der Waals surface area contributed by atoms with E-state index in [1.807, 2.05) is 36.4 Å². The van der Waals surface area contributed by atoms with Crippen LogP contribution in [-0.2, 0) is 17.7 Å². The molecule has 10 heteroatoms. The van der Waals surface area contributed by atoms with Crippen molar-refractivity contribution in [3.05, 3.63) is 57.7 Å². The maximum atomic E-state index is 12.7. The minimum absolute atomic E-state index is 0.00706. The predicted octanol–water partition coefficient (Wildman–Crippen LogP) is 3.01. The molecule has 2 N–H and O–H groups in total. The summed E-state index contributed by atoms with van der Waals surface area (Å²) < 4.78 is 10.6. The lowest BCUT2D eigenvalue weighted by Gasteiger charge is -2.22. The summed E-state index contributed by atoms with van der Waals surface area (Å²) in [5.41, 5.74) is 7.03. The first-order chi connectivity index (χ1) is 14.0. The number of nitrogen functional groups attached to an aromatic ring is 1. The Morgan fingerprint density at radius 3 is 2.90 bits per heavy atom. The highest BCUT2D eigenvalue weighted by Crippen LogP contribution is 2.34. The standard InChI is InChI=1S/C19H21N5O5/c1-2-28-19(25)23-12-14-9-6-8-13(11-14)7-4-3-5-10-29-18-21-16(20)15(24(26)27)17(23)22-18/h3-4,6,8-9,11H,2,5,7,10,12H2,1H3,(H2,20,21,22). The van der Waals surface area contributed by atoms with Crippen molar-refractivity contribution in [2.24, 2.45) is 0 Å². The molecule has 0 fully saturated rings. The van der Waals surface area contributed by atoms with E-state index in [0.717, 1.165) is 16.0 Å². The Morgan fingerprint density at radius 2 is 2.14 bits per heavy atom. The van der Waals surface area contributed by atoms with Crippen LogP contribution in [0.5, 0.6) is 6.01 Å². The van der Waals surface area contributed by atoms with E-state index in [-0.39, 0.29) is 37.4 Å². The molecule has 0 radical (unpaired) electrons. The number of ether oxygens (including phenoxy) is 2. The van der Waals surface area contributed by atoms with E-state index in [0.29, 0.717) is 12.8 Å². The lowest BCUT2D eigenvalue weighted by molar-refractivity contribution is -0.383. The number of nitrogens with zero attached hydrogens (tertiary/aromatic N) is 4. The molecule has 1 aromatic carbocycles. The van der Waals surface area contributed by atoms with Gasteiger partial charge in [-0.2, -0.15) is 9.97 Å². The summed E-state index contributed by atoms with van der Waals surface area (Å²) in [6.45, 7) is 2.00. The Bertz CT molecular complexity index is 947. The van der Waals surface area contributed by atoms with Crippen LogP contribution in [0.3, 0.4) is 0 Å². The van der Waals surface area contributed by atoms with Gasteiger partial charge in [-0.05, 0) is 30.9 Å². The molecule has 152 valence electrons. The zero-order valence-corrected chi connectivity index (χ0v) is 15.9. The first kappa shape index (κ1) is 20.1. The summed E-state index contributed by atoms with van der Waals surface area (Å²) in [6.07, 6.45) is 4.52. The smallest absolute Gasteiger partial charge is 0.415 e. The van der Waals surface area contributed by atoms with Gasteiger partial charge in [0.2, 0.25) is 11.6 Å². The molecule has 0 saturated heterocycles. The second kappa shape index (κ2) is 9.00. The molecule has 0 aliphatic carbocycles. The third-order valence-corrected chi connectivity index (χ3v) is 4.17. The van der Waals surface area contributed by atoms with E-state index in [9.17, 15) is 14.9 Å². The van der Waals surface area contributed by atoms with Gasteiger partial charge in [0.1, 0.15) is 0 Å². The van der Waals surface area contributed by atoms with Crippen molar-refractivity contribution in [3.8, 4) is 6.01 Å². The fourth-order valence-electron chi connectivity index (χ4n) is 2.89. The van der Waals surface area contributed by atoms with Crippen molar-refractivity contribution in [2.45, 2.75) is 26.3 Å². The van der Waals surface area contributed by atoms with Gasteiger partial charge >= 0.3 is 17.8 Å². The van der Waals surface area contributed by atoms with Crippen LogP contribution in [0.1, 0.15) is 24.5 Å². The largest absolute Gasteiger partial charge is 0.463 e. The fourth-order valence-corrected chi connectivity index (χ4v) is 2.89. The van der Waals surface area contributed by atoms with Gasteiger partial charge in [-0.25, -0.2) is 4.79 Å². The molecule has 1 aromatic heterocycles. The van der Waals surface area contributed by atoms with E-state index in [4.69, 9.17) is 15.2 Å². The number of nitro groups is 1. The molecule has 1 amide bonds. The number of hydrogen-bond acceptors (Lipinski definition) is 8. The summed E-state index contributed by atoms with van der Waals surface area (Å²) >= 11 is 0. The monoisotopic (exact) mass is 399 g/mol. The Morgan fingerprint density at radius 1 is 1.34 bits per heavy atom. The number of rotatable bonds is 2.